The van der Waals surface area contributed by atoms with Gasteiger partial charge in [0.2, 0.25) is 0 Å². The average molecular weight is 286 g/mol. The van der Waals surface area contributed by atoms with E-state index in [0.29, 0.717) is 0 Å². The van der Waals surface area contributed by atoms with Gasteiger partial charge in [0.15, 0.2) is 0 Å². The quantitative estimate of drug-likeness (QED) is 0.907. The van der Waals surface area contributed by atoms with Crippen LogP contribution in [-0.2, 0) is 4.74 Å². The predicted octanol–water partition coefficient (Wildman–Crippen LogP) is 1.21. The molecule has 1 saturated heterocycles. The van der Waals surface area contributed by atoms with Crippen molar-refractivity contribution in [3.05, 3.63) is 24.0 Å². The molecule has 1 N–H and O–H groups in total. The van der Waals surface area contributed by atoms with Crippen LogP contribution in [0.25, 0.3) is 0 Å². The molecule has 0 bridgehead atoms. The molecule has 6 nitrogen and oxygen atoms in total. The summed E-state index contributed by atoms with van der Waals surface area (Å²) in [5, 5.41) is 9.67. The molecule has 1 aliphatic heterocycles. The Kier molecular flexibility index (Phi) is 4.12. The third-order valence-electron chi connectivity index (χ3n) is 3.38. The first-order valence-electron chi connectivity index (χ1n) is 6.17. The number of carbonyl (C=O) groups excluding carboxylic acids is 1. The molecule has 0 aliphatic carbocycles. The molecule has 2 rings (SSSR count). The molecule has 0 radical (unpaired) electrons. The molecular formula is C12H16F2N4O2. The third kappa shape index (κ3) is 3.01. The van der Waals surface area contributed by atoms with E-state index < -0.39 is 24.6 Å². The maximum absolute atomic E-state index is 13.4. The number of urea groups is 1. The van der Waals surface area contributed by atoms with Gasteiger partial charge in [0.05, 0.1) is 18.8 Å². The molecule has 110 valence electrons. The van der Waals surface area contributed by atoms with Crippen LogP contribution < -0.4 is 5.32 Å². The van der Waals surface area contributed by atoms with E-state index >= 15 is 0 Å². The van der Waals surface area contributed by atoms with Crippen LogP contribution in [0.2, 0.25) is 0 Å². The molecule has 2 heterocycles. The minimum atomic E-state index is -3.03. The van der Waals surface area contributed by atoms with Gasteiger partial charge in [-0.15, -0.1) is 0 Å². The summed E-state index contributed by atoms with van der Waals surface area (Å²) in [7, 11) is 1.54. The summed E-state index contributed by atoms with van der Waals surface area (Å²) in [6.07, 6.45) is 3.04. The maximum Gasteiger partial charge on any atom is 0.318 e. The van der Waals surface area contributed by atoms with Gasteiger partial charge >= 0.3 is 6.03 Å². The Bertz CT molecular complexity index is 472. The van der Waals surface area contributed by atoms with Gasteiger partial charge in [-0.05, 0) is 18.6 Å². The first-order chi connectivity index (χ1) is 9.42. The van der Waals surface area contributed by atoms with E-state index in [1.807, 2.05) is 0 Å². The summed E-state index contributed by atoms with van der Waals surface area (Å²) in [4.78, 5) is 13.3. The van der Waals surface area contributed by atoms with Crippen molar-refractivity contribution in [1.29, 1.82) is 0 Å². The lowest BCUT2D eigenvalue weighted by atomic mass is 10.1. The van der Waals surface area contributed by atoms with Crippen LogP contribution in [0.15, 0.2) is 18.5 Å². The lowest BCUT2D eigenvalue weighted by molar-refractivity contribution is -0.0223. The first-order valence-corrected chi connectivity index (χ1v) is 6.17. The van der Waals surface area contributed by atoms with Gasteiger partial charge in [0, 0.05) is 13.2 Å². The Hall–Kier alpha value is -1.83. The van der Waals surface area contributed by atoms with Gasteiger partial charge in [0.25, 0.3) is 5.92 Å². The number of hydrogen-bond acceptors (Lipinski definition) is 4. The highest BCUT2D eigenvalue weighted by atomic mass is 19.3. The molecule has 0 aromatic carbocycles. The lowest BCUT2D eigenvalue weighted by Crippen LogP contribution is -2.51. The standard InChI is InChI=1S/C12H16F2N4O2/c1-8(9-3-4-15-16-5-9)18(2)11(19)17-10-6-20-7-12(10,13)14/h3-5,8,10H,6-7H2,1-2H3,(H,17,19)/t8-,10-/m0/s1. The minimum absolute atomic E-state index is 0.183. The topological polar surface area (TPSA) is 67.4 Å². The summed E-state index contributed by atoms with van der Waals surface area (Å²) < 4.78 is 31.5. The van der Waals surface area contributed by atoms with Crippen LogP contribution >= 0.6 is 0 Å². The highest BCUT2D eigenvalue weighted by Gasteiger charge is 2.46. The summed E-state index contributed by atoms with van der Waals surface area (Å²) in [5.74, 6) is -3.03. The normalized spacial score (nSPS) is 22.3. The third-order valence-corrected chi connectivity index (χ3v) is 3.38. The molecule has 8 heteroatoms. The van der Waals surface area contributed by atoms with Gasteiger partial charge in [-0.3, -0.25) is 0 Å². The molecule has 1 aliphatic rings. The summed E-state index contributed by atoms with van der Waals surface area (Å²) in [6, 6.07) is -0.458. The highest BCUT2D eigenvalue weighted by molar-refractivity contribution is 5.75. The second kappa shape index (κ2) is 5.66. The van der Waals surface area contributed by atoms with Crippen LogP contribution in [0.5, 0.6) is 0 Å². The zero-order valence-corrected chi connectivity index (χ0v) is 11.2. The number of rotatable bonds is 3. The van der Waals surface area contributed by atoms with Gasteiger partial charge < -0.3 is 15.0 Å². The Morgan fingerprint density at radius 2 is 2.35 bits per heavy atom. The molecule has 2 atom stereocenters. The van der Waals surface area contributed by atoms with Gasteiger partial charge in [0.1, 0.15) is 12.6 Å². The van der Waals surface area contributed by atoms with Crippen molar-refractivity contribution in [3.8, 4) is 0 Å². The second-order valence-corrected chi connectivity index (χ2v) is 4.74. The van der Waals surface area contributed by atoms with E-state index in [1.165, 1.54) is 24.3 Å². The Morgan fingerprint density at radius 1 is 1.60 bits per heavy atom. The van der Waals surface area contributed by atoms with Crippen molar-refractivity contribution >= 4 is 6.03 Å². The summed E-state index contributed by atoms with van der Waals surface area (Å²) in [6.45, 7) is 0.934. The number of ether oxygens (including phenoxy) is 1. The summed E-state index contributed by atoms with van der Waals surface area (Å²) in [5.41, 5.74) is 0.770. The van der Waals surface area contributed by atoms with Crippen molar-refractivity contribution in [2.24, 2.45) is 0 Å². The predicted molar refractivity (Wildman–Crippen MR) is 66.3 cm³/mol. The van der Waals surface area contributed by atoms with E-state index in [9.17, 15) is 13.6 Å². The monoisotopic (exact) mass is 286 g/mol. The van der Waals surface area contributed by atoms with Crippen molar-refractivity contribution in [1.82, 2.24) is 20.4 Å². The van der Waals surface area contributed by atoms with Crippen LogP contribution in [0.4, 0.5) is 13.6 Å². The SMILES string of the molecule is C[C@@H](c1ccnnc1)N(C)C(=O)N[C@H]1COCC1(F)F. The highest BCUT2D eigenvalue weighted by Crippen LogP contribution is 2.26. The van der Waals surface area contributed by atoms with Crippen molar-refractivity contribution < 1.29 is 18.3 Å². The number of aromatic nitrogens is 2. The van der Waals surface area contributed by atoms with E-state index in [2.05, 4.69) is 15.5 Å². The zero-order chi connectivity index (χ0) is 14.8. The van der Waals surface area contributed by atoms with Crippen LogP contribution in [-0.4, -0.2) is 53.4 Å². The Morgan fingerprint density at radius 3 is 2.90 bits per heavy atom. The molecule has 0 saturated carbocycles. The molecular weight excluding hydrogens is 270 g/mol. The fourth-order valence-corrected chi connectivity index (χ4v) is 1.88. The van der Waals surface area contributed by atoms with Crippen molar-refractivity contribution in [3.63, 3.8) is 0 Å². The van der Waals surface area contributed by atoms with Crippen LogP contribution in [0.3, 0.4) is 0 Å². The number of carbonyl (C=O) groups is 1. The zero-order valence-electron chi connectivity index (χ0n) is 11.2. The molecule has 0 spiro atoms. The lowest BCUT2D eigenvalue weighted by Gasteiger charge is -2.27. The van der Waals surface area contributed by atoms with E-state index in [0.717, 1.165) is 5.56 Å². The molecule has 1 aromatic rings. The van der Waals surface area contributed by atoms with Crippen LogP contribution in [0, 0.1) is 0 Å². The Balaban J connectivity index is 1.99. The molecule has 1 aromatic heterocycles. The molecule has 1 fully saturated rings. The summed E-state index contributed by atoms with van der Waals surface area (Å²) >= 11 is 0. The fraction of sp³-hybridized carbons (Fsp3) is 0.583. The molecule has 2 amide bonds. The molecule has 20 heavy (non-hydrogen) atoms. The first kappa shape index (κ1) is 14.6. The van der Waals surface area contributed by atoms with Gasteiger partial charge in [-0.25, -0.2) is 13.6 Å². The van der Waals surface area contributed by atoms with Crippen molar-refractivity contribution in [2.75, 3.05) is 20.3 Å². The van der Waals surface area contributed by atoms with E-state index in [-0.39, 0.29) is 12.6 Å². The van der Waals surface area contributed by atoms with E-state index in [4.69, 9.17) is 4.74 Å². The number of amides is 2. The van der Waals surface area contributed by atoms with Gasteiger partial charge in [-0.1, -0.05) is 0 Å². The van der Waals surface area contributed by atoms with E-state index in [1.54, 1.807) is 13.0 Å². The van der Waals surface area contributed by atoms with Crippen molar-refractivity contribution in [2.45, 2.75) is 24.9 Å². The van der Waals surface area contributed by atoms with Gasteiger partial charge in [-0.2, -0.15) is 10.2 Å². The number of halogens is 2. The number of hydrogen-bond donors (Lipinski definition) is 1. The second-order valence-electron chi connectivity index (χ2n) is 4.74. The van der Waals surface area contributed by atoms with Crippen LogP contribution in [0.1, 0.15) is 18.5 Å². The Labute approximate surface area is 115 Å². The minimum Gasteiger partial charge on any atom is -0.373 e. The smallest absolute Gasteiger partial charge is 0.318 e. The average Bonchev–Trinajstić information content (AvgIpc) is 2.77. The number of nitrogens with zero attached hydrogens (tertiary/aromatic N) is 3. The maximum atomic E-state index is 13.4. The number of alkyl halides is 2. The number of nitrogens with one attached hydrogen (secondary N) is 1. The largest absolute Gasteiger partial charge is 0.373 e. The molecule has 0 unspecified atom stereocenters. The fourth-order valence-electron chi connectivity index (χ4n) is 1.88.